The highest BCUT2D eigenvalue weighted by atomic mass is 32.2. The molecule has 1 aromatic carbocycles. The Hall–Kier alpha value is -1.88. The van der Waals surface area contributed by atoms with E-state index in [1.165, 1.54) is 0 Å². The SMILES string of the molecule is COc1ccc(C(C)=O)cc1CSc1cnccn1. The van der Waals surface area contributed by atoms with Crippen LogP contribution in [0.1, 0.15) is 22.8 Å². The summed E-state index contributed by atoms with van der Waals surface area (Å²) in [7, 11) is 1.62. The van der Waals surface area contributed by atoms with Crippen molar-refractivity contribution >= 4 is 17.5 Å². The van der Waals surface area contributed by atoms with Crippen LogP contribution in [0.5, 0.6) is 5.75 Å². The molecule has 1 aromatic heterocycles. The van der Waals surface area contributed by atoms with E-state index in [1.54, 1.807) is 50.5 Å². The fraction of sp³-hybridized carbons (Fsp3) is 0.214. The molecule has 0 fully saturated rings. The molecule has 0 N–H and O–H groups in total. The van der Waals surface area contributed by atoms with Crippen molar-refractivity contribution in [3.8, 4) is 5.75 Å². The summed E-state index contributed by atoms with van der Waals surface area (Å²) < 4.78 is 5.31. The Morgan fingerprint density at radius 1 is 1.37 bits per heavy atom. The molecule has 2 aromatic rings. The van der Waals surface area contributed by atoms with Crippen LogP contribution < -0.4 is 4.74 Å². The largest absolute Gasteiger partial charge is 0.496 e. The van der Waals surface area contributed by atoms with Gasteiger partial charge in [0.25, 0.3) is 0 Å². The fourth-order valence-electron chi connectivity index (χ4n) is 1.62. The summed E-state index contributed by atoms with van der Waals surface area (Å²) in [6.07, 6.45) is 5.01. The predicted molar refractivity (Wildman–Crippen MR) is 74.6 cm³/mol. The van der Waals surface area contributed by atoms with Gasteiger partial charge in [0.05, 0.1) is 13.3 Å². The van der Waals surface area contributed by atoms with Crippen molar-refractivity contribution in [3.63, 3.8) is 0 Å². The van der Waals surface area contributed by atoms with E-state index in [9.17, 15) is 4.79 Å². The van der Waals surface area contributed by atoms with Crippen LogP contribution in [0.2, 0.25) is 0 Å². The molecule has 0 amide bonds. The Kier molecular flexibility index (Phi) is 4.52. The lowest BCUT2D eigenvalue weighted by Crippen LogP contribution is -1.97. The summed E-state index contributed by atoms with van der Waals surface area (Å²) in [5.74, 6) is 1.51. The van der Waals surface area contributed by atoms with Gasteiger partial charge in [0.2, 0.25) is 0 Å². The fourth-order valence-corrected chi connectivity index (χ4v) is 2.42. The quantitative estimate of drug-likeness (QED) is 0.619. The van der Waals surface area contributed by atoms with Crippen LogP contribution >= 0.6 is 11.8 Å². The van der Waals surface area contributed by atoms with Gasteiger partial charge < -0.3 is 4.74 Å². The summed E-state index contributed by atoms with van der Waals surface area (Å²) in [6.45, 7) is 1.56. The number of Topliss-reactive ketones (excluding diaryl/α,β-unsaturated/α-hetero) is 1. The van der Waals surface area contributed by atoms with E-state index >= 15 is 0 Å². The van der Waals surface area contributed by atoms with Crippen molar-refractivity contribution in [3.05, 3.63) is 47.9 Å². The molecular weight excluding hydrogens is 260 g/mol. The zero-order valence-electron chi connectivity index (χ0n) is 10.8. The third-order valence-electron chi connectivity index (χ3n) is 2.60. The topological polar surface area (TPSA) is 52.1 Å². The van der Waals surface area contributed by atoms with Crippen LogP contribution in [-0.2, 0) is 5.75 Å². The molecule has 0 spiro atoms. The molecule has 4 nitrogen and oxygen atoms in total. The van der Waals surface area contributed by atoms with Gasteiger partial charge in [-0.25, -0.2) is 4.98 Å². The Morgan fingerprint density at radius 2 is 2.21 bits per heavy atom. The van der Waals surface area contributed by atoms with Crippen molar-refractivity contribution in [1.82, 2.24) is 9.97 Å². The summed E-state index contributed by atoms with van der Waals surface area (Å²) in [5.41, 5.74) is 1.67. The summed E-state index contributed by atoms with van der Waals surface area (Å²) in [4.78, 5) is 19.6. The van der Waals surface area contributed by atoms with E-state index in [1.807, 2.05) is 12.1 Å². The van der Waals surface area contributed by atoms with Crippen LogP contribution in [-0.4, -0.2) is 22.9 Å². The zero-order chi connectivity index (χ0) is 13.7. The number of ether oxygens (including phenoxy) is 1. The third-order valence-corrected chi connectivity index (χ3v) is 3.56. The molecule has 0 radical (unpaired) electrons. The molecule has 0 aliphatic rings. The highest BCUT2D eigenvalue weighted by Crippen LogP contribution is 2.27. The second kappa shape index (κ2) is 6.33. The van der Waals surface area contributed by atoms with Crippen molar-refractivity contribution in [2.45, 2.75) is 17.7 Å². The smallest absolute Gasteiger partial charge is 0.159 e. The van der Waals surface area contributed by atoms with Crippen LogP contribution in [0.4, 0.5) is 0 Å². The molecule has 2 rings (SSSR count). The zero-order valence-corrected chi connectivity index (χ0v) is 11.6. The van der Waals surface area contributed by atoms with Crippen molar-refractivity contribution in [1.29, 1.82) is 0 Å². The maximum absolute atomic E-state index is 11.4. The van der Waals surface area contributed by atoms with Crippen molar-refractivity contribution in [2.24, 2.45) is 0 Å². The molecule has 0 unspecified atom stereocenters. The molecule has 1 heterocycles. The standard InChI is InChI=1S/C14H14N2O2S/c1-10(17)11-3-4-13(18-2)12(7-11)9-19-14-8-15-5-6-16-14/h3-8H,9H2,1-2H3. The molecule has 19 heavy (non-hydrogen) atoms. The maximum Gasteiger partial charge on any atom is 0.159 e. The first-order chi connectivity index (χ1) is 9.20. The van der Waals surface area contributed by atoms with Gasteiger partial charge in [0, 0.05) is 29.3 Å². The van der Waals surface area contributed by atoms with Crippen LogP contribution in [0, 0.1) is 0 Å². The average molecular weight is 274 g/mol. The van der Waals surface area contributed by atoms with E-state index in [0.717, 1.165) is 16.3 Å². The van der Waals surface area contributed by atoms with Crippen molar-refractivity contribution < 1.29 is 9.53 Å². The van der Waals surface area contributed by atoms with Crippen LogP contribution in [0.3, 0.4) is 0 Å². The lowest BCUT2D eigenvalue weighted by atomic mass is 10.1. The molecule has 0 aliphatic carbocycles. The number of methoxy groups -OCH3 is 1. The monoisotopic (exact) mass is 274 g/mol. The normalized spacial score (nSPS) is 10.2. The third kappa shape index (κ3) is 3.54. The lowest BCUT2D eigenvalue weighted by molar-refractivity contribution is 0.101. The Labute approximate surface area is 116 Å². The number of hydrogen-bond acceptors (Lipinski definition) is 5. The Balaban J connectivity index is 2.18. The highest BCUT2D eigenvalue weighted by molar-refractivity contribution is 7.98. The second-order valence-electron chi connectivity index (χ2n) is 3.92. The number of benzene rings is 1. The van der Waals surface area contributed by atoms with Gasteiger partial charge >= 0.3 is 0 Å². The number of aromatic nitrogens is 2. The molecule has 0 atom stereocenters. The minimum atomic E-state index is 0.0494. The number of carbonyl (C=O) groups is 1. The average Bonchev–Trinajstić information content (AvgIpc) is 2.45. The van der Waals surface area contributed by atoms with E-state index in [0.29, 0.717) is 11.3 Å². The first kappa shape index (κ1) is 13.5. The van der Waals surface area contributed by atoms with Gasteiger partial charge in [-0.15, -0.1) is 0 Å². The van der Waals surface area contributed by atoms with E-state index in [-0.39, 0.29) is 5.78 Å². The molecular formula is C14H14N2O2S. The van der Waals surface area contributed by atoms with Gasteiger partial charge in [-0.3, -0.25) is 9.78 Å². The number of hydrogen-bond donors (Lipinski definition) is 0. The van der Waals surface area contributed by atoms with Crippen LogP contribution in [0.15, 0.2) is 41.8 Å². The first-order valence-electron chi connectivity index (χ1n) is 5.77. The number of carbonyl (C=O) groups excluding carboxylic acids is 1. The molecule has 0 bridgehead atoms. The van der Waals surface area contributed by atoms with Gasteiger partial charge in [-0.05, 0) is 25.1 Å². The number of rotatable bonds is 5. The number of nitrogens with zero attached hydrogens (tertiary/aromatic N) is 2. The highest BCUT2D eigenvalue weighted by Gasteiger charge is 2.08. The lowest BCUT2D eigenvalue weighted by Gasteiger charge is -2.09. The van der Waals surface area contributed by atoms with Crippen LogP contribution in [0.25, 0.3) is 0 Å². The van der Waals surface area contributed by atoms with Gasteiger partial charge in [0.15, 0.2) is 5.78 Å². The molecule has 0 saturated carbocycles. The predicted octanol–water partition coefficient (Wildman–Crippen LogP) is 2.98. The Morgan fingerprint density at radius 3 is 2.84 bits per heavy atom. The summed E-state index contributed by atoms with van der Waals surface area (Å²) in [6, 6.07) is 5.46. The van der Waals surface area contributed by atoms with E-state index in [2.05, 4.69) is 9.97 Å². The number of ketones is 1. The van der Waals surface area contributed by atoms with Gasteiger partial charge in [-0.1, -0.05) is 11.8 Å². The molecule has 0 saturated heterocycles. The molecule has 5 heteroatoms. The van der Waals surface area contributed by atoms with E-state index in [4.69, 9.17) is 4.74 Å². The number of thioether (sulfide) groups is 1. The minimum Gasteiger partial charge on any atom is -0.496 e. The van der Waals surface area contributed by atoms with Gasteiger partial charge in [-0.2, -0.15) is 0 Å². The maximum atomic E-state index is 11.4. The Bertz CT molecular complexity index is 573. The summed E-state index contributed by atoms with van der Waals surface area (Å²) in [5, 5.41) is 0.845. The molecule has 0 aliphatic heterocycles. The van der Waals surface area contributed by atoms with E-state index < -0.39 is 0 Å². The van der Waals surface area contributed by atoms with Crippen molar-refractivity contribution in [2.75, 3.05) is 7.11 Å². The van der Waals surface area contributed by atoms with Gasteiger partial charge in [0.1, 0.15) is 10.8 Å². The first-order valence-corrected chi connectivity index (χ1v) is 6.76. The molecule has 98 valence electrons. The minimum absolute atomic E-state index is 0.0494. The summed E-state index contributed by atoms with van der Waals surface area (Å²) >= 11 is 1.56. The second-order valence-corrected chi connectivity index (χ2v) is 4.91.